The van der Waals surface area contributed by atoms with E-state index in [0.29, 0.717) is 30.2 Å². The fourth-order valence-electron chi connectivity index (χ4n) is 2.77. The van der Waals surface area contributed by atoms with Crippen molar-refractivity contribution in [2.24, 2.45) is 0 Å². The van der Waals surface area contributed by atoms with Crippen molar-refractivity contribution in [3.8, 4) is 5.75 Å². The Kier molecular flexibility index (Phi) is 5.64. The molecule has 1 fully saturated rings. The molecule has 0 aliphatic carbocycles. The lowest BCUT2D eigenvalue weighted by Gasteiger charge is -2.26. The Balaban J connectivity index is 1.90. The van der Waals surface area contributed by atoms with Gasteiger partial charge in [-0.05, 0) is 36.4 Å². The van der Waals surface area contributed by atoms with Crippen molar-refractivity contribution >= 4 is 27.3 Å². The summed E-state index contributed by atoms with van der Waals surface area (Å²) in [6, 6.07) is 11.0. The van der Waals surface area contributed by atoms with Gasteiger partial charge in [0.25, 0.3) is 5.91 Å². The van der Waals surface area contributed by atoms with Gasteiger partial charge in [-0.15, -0.1) is 0 Å². The average Bonchev–Trinajstić information content (AvgIpc) is 2.68. The van der Waals surface area contributed by atoms with Crippen LogP contribution in [-0.4, -0.2) is 52.0 Å². The van der Waals surface area contributed by atoms with Crippen molar-refractivity contribution in [3.05, 3.63) is 48.0 Å². The zero-order valence-corrected chi connectivity index (χ0v) is 15.7. The lowest BCUT2D eigenvalue weighted by atomic mass is 10.2. The summed E-state index contributed by atoms with van der Waals surface area (Å²) >= 11 is 0. The minimum Gasteiger partial charge on any atom is -0.495 e. The minimum absolute atomic E-state index is 0.00252. The fraction of sp³-hybridized carbons (Fsp3) is 0.278. The number of carbonyl (C=O) groups excluding carboxylic acids is 1. The van der Waals surface area contributed by atoms with E-state index >= 15 is 0 Å². The first kappa shape index (κ1) is 19.2. The molecule has 8 nitrogen and oxygen atoms in total. The van der Waals surface area contributed by atoms with Gasteiger partial charge in [-0.2, -0.15) is 4.31 Å². The average molecular weight is 391 g/mol. The highest BCUT2D eigenvalue weighted by Crippen LogP contribution is 2.30. The van der Waals surface area contributed by atoms with E-state index in [2.05, 4.69) is 5.32 Å². The van der Waals surface area contributed by atoms with Crippen LogP contribution in [0.4, 0.5) is 11.4 Å². The molecule has 144 valence electrons. The normalized spacial score (nSPS) is 15.3. The van der Waals surface area contributed by atoms with Gasteiger partial charge in [0.1, 0.15) is 10.6 Å². The van der Waals surface area contributed by atoms with Crippen LogP contribution >= 0.6 is 0 Å². The molecule has 3 N–H and O–H groups in total. The second kappa shape index (κ2) is 7.95. The molecule has 3 rings (SSSR count). The fourth-order valence-corrected chi connectivity index (χ4v) is 4.35. The molecule has 0 aromatic heterocycles. The van der Waals surface area contributed by atoms with Crippen LogP contribution in [0.5, 0.6) is 5.75 Å². The van der Waals surface area contributed by atoms with Gasteiger partial charge >= 0.3 is 0 Å². The summed E-state index contributed by atoms with van der Waals surface area (Å²) in [5.41, 5.74) is 6.89. The summed E-state index contributed by atoms with van der Waals surface area (Å²) in [7, 11) is -2.38. The summed E-state index contributed by atoms with van der Waals surface area (Å²) in [5.74, 6) is -0.175. The lowest BCUT2D eigenvalue weighted by Crippen LogP contribution is -2.40. The number of rotatable bonds is 5. The Morgan fingerprint density at radius 1 is 1.19 bits per heavy atom. The van der Waals surface area contributed by atoms with Crippen LogP contribution in [0, 0.1) is 0 Å². The SMILES string of the molecule is COc1ccc(NC(=O)c2cccc(N)c2)cc1S(=O)(=O)N1CCOCC1. The summed E-state index contributed by atoms with van der Waals surface area (Å²) in [4.78, 5) is 12.4. The second-order valence-electron chi connectivity index (χ2n) is 5.96. The minimum atomic E-state index is -3.78. The third kappa shape index (κ3) is 4.21. The predicted molar refractivity (Wildman–Crippen MR) is 101 cm³/mol. The molecule has 0 atom stereocenters. The number of amides is 1. The quantitative estimate of drug-likeness (QED) is 0.748. The maximum absolute atomic E-state index is 13.0. The molecule has 1 heterocycles. The number of nitrogens with zero attached hydrogens (tertiary/aromatic N) is 1. The first-order valence-corrected chi connectivity index (χ1v) is 9.78. The number of benzene rings is 2. The van der Waals surface area contributed by atoms with Crippen LogP contribution in [0.25, 0.3) is 0 Å². The van der Waals surface area contributed by atoms with Gasteiger partial charge in [-0.3, -0.25) is 4.79 Å². The Morgan fingerprint density at radius 3 is 2.59 bits per heavy atom. The number of anilines is 2. The van der Waals surface area contributed by atoms with Gasteiger partial charge in [-0.25, -0.2) is 8.42 Å². The van der Waals surface area contributed by atoms with E-state index in [0.717, 1.165) is 0 Å². The van der Waals surface area contributed by atoms with Crippen LogP contribution in [0.15, 0.2) is 47.4 Å². The number of ether oxygens (including phenoxy) is 2. The first-order valence-electron chi connectivity index (χ1n) is 8.34. The number of nitrogens with two attached hydrogens (primary N) is 1. The van der Waals surface area contributed by atoms with E-state index in [1.165, 1.54) is 23.5 Å². The Morgan fingerprint density at radius 2 is 1.93 bits per heavy atom. The molecule has 0 unspecified atom stereocenters. The third-order valence-electron chi connectivity index (χ3n) is 4.16. The molecule has 1 amide bonds. The lowest BCUT2D eigenvalue weighted by molar-refractivity contribution is 0.0729. The van der Waals surface area contributed by atoms with Gasteiger partial charge in [0, 0.05) is 30.0 Å². The van der Waals surface area contributed by atoms with Crippen LogP contribution < -0.4 is 15.8 Å². The number of hydrogen-bond acceptors (Lipinski definition) is 6. The van der Waals surface area contributed by atoms with Gasteiger partial charge in [0.2, 0.25) is 10.0 Å². The summed E-state index contributed by atoms with van der Waals surface area (Å²) in [6.07, 6.45) is 0. The molecule has 0 radical (unpaired) electrons. The summed E-state index contributed by atoms with van der Waals surface area (Å²) in [5, 5.41) is 2.69. The van der Waals surface area contributed by atoms with E-state index in [9.17, 15) is 13.2 Å². The smallest absolute Gasteiger partial charge is 0.255 e. The maximum atomic E-state index is 13.0. The summed E-state index contributed by atoms with van der Waals surface area (Å²) in [6.45, 7) is 1.22. The number of nitrogens with one attached hydrogen (secondary N) is 1. The number of hydrogen-bond donors (Lipinski definition) is 2. The van der Waals surface area contributed by atoms with Crippen molar-refractivity contribution in [2.75, 3.05) is 44.5 Å². The zero-order chi connectivity index (χ0) is 19.4. The Hall–Kier alpha value is -2.62. The zero-order valence-electron chi connectivity index (χ0n) is 14.8. The second-order valence-corrected chi connectivity index (χ2v) is 7.87. The highest BCUT2D eigenvalue weighted by atomic mass is 32.2. The molecular weight excluding hydrogens is 370 g/mol. The molecule has 0 saturated carbocycles. The highest BCUT2D eigenvalue weighted by Gasteiger charge is 2.29. The monoisotopic (exact) mass is 391 g/mol. The van der Waals surface area contributed by atoms with Crippen LogP contribution in [0.3, 0.4) is 0 Å². The van der Waals surface area contributed by atoms with Crippen LogP contribution in [-0.2, 0) is 14.8 Å². The van der Waals surface area contributed by atoms with E-state index in [1.54, 1.807) is 30.3 Å². The molecule has 2 aromatic rings. The van der Waals surface area contributed by atoms with Gasteiger partial charge in [-0.1, -0.05) is 6.07 Å². The number of carbonyl (C=O) groups is 1. The van der Waals surface area contributed by atoms with Gasteiger partial charge in [0.15, 0.2) is 0 Å². The van der Waals surface area contributed by atoms with Crippen molar-refractivity contribution in [2.45, 2.75) is 4.90 Å². The predicted octanol–water partition coefficient (Wildman–Crippen LogP) is 1.55. The molecule has 0 bridgehead atoms. The molecule has 9 heteroatoms. The molecule has 27 heavy (non-hydrogen) atoms. The highest BCUT2D eigenvalue weighted by molar-refractivity contribution is 7.89. The topological polar surface area (TPSA) is 111 Å². The molecule has 2 aromatic carbocycles. The Bertz CT molecular complexity index is 940. The number of methoxy groups -OCH3 is 1. The Labute approximate surface area is 157 Å². The molecule has 1 saturated heterocycles. The molecular formula is C18H21N3O5S. The standard InChI is InChI=1S/C18H21N3O5S/c1-25-16-6-5-15(20-18(22)13-3-2-4-14(19)11-13)12-17(16)27(23,24)21-7-9-26-10-8-21/h2-6,11-12H,7-10,19H2,1H3,(H,20,22). The number of sulfonamides is 1. The van der Waals surface area contributed by atoms with E-state index in [4.69, 9.17) is 15.2 Å². The van der Waals surface area contributed by atoms with Gasteiger partial charge < -0.3 is 20.5 Å². The molecule has 1 aliphatic rings. The third-order valence-corrected chi connectivity index (χ3v) is 6.08. The molecule has 1 aliphatic heterocycles. The van der Waals surface area contributed by atoms with Crippen LogP contribution in [0.2, 0.25) is 0 Å². The summed E-state index contributed by atoms with van der Waals surface area (Å²) < 4.78 is 37.7. The number of morpholine rings is 1. The van der Waals surface area contributed by atoms with E-state index in [1.807, 2.05) is 0 Å². The maximum Gasteiger partial charge on any atom is 0.255 e. The van der Waals surface area contributed by atoms with E-state index < -0.39 is 10.0 Å². The first-order chi connectivity index (χ1) is 12.9. The van der Waals surface area contributed by atoms with Crippen molar-refractivity contribution < 1.29 is 22.7 Å². The largest absolute Gasteiger partial charge is 0.495 e. The molecule has 0 spiro atoms. The number of nitrogen functional groups attached to an aromatic ring is 1. The van der Waals surface area contributed by atoms with Gasteiger partial charge in [0.05, 0.1) is 20.3 Å². The van der Waals surface area contributed by atoms with E-state index in [-0.39, 0.29) is 29.6 Å². The van der Waals surface area contributed by atoms with Crippen molar-refractivity contribution in [1.82, 2.24) is 4.31 Å². The van der Waals surface area contributed by atoms with Crippen molar-refractivity contribution in [3.63, 3.8) is 0 Å². The van der Waals surface area contributed by atoms with Crippen LogP contribution in [0.1, 0.15) is 10.4 Å². The van der Waals surface area contributed by atoms with Crippen molar-refractivity contribution in [1.29, 1.82) is 0 Å².